The Balaban J connectivity index is 1.64. The van der Waals surface area contributed by atoms with Gasteiger partial charge < -0.3 is 16.0 Å². The summed E-state index contributed by atoms with van der Waals surface area (Å²) in [4.78, 5) is 16.1. The van der Waals surface area contributed by atoms with E-state index < -0.39 is 0 Å². The molecule has 1 fully saturated rings. The fourth-order valence-electron chi connectivity index (χ4n) is 2.78. The van der Waals surface area contributed by atoms with Crippen molar-refractivity contribution in [3.8, 4) is 0 Å². The molecule has 0 atom stereocenters. The van der Waals surface area contributed by atoms with Crippen LogP contribution in [0.15, 0.2) is 29.3 Å². The molecule has 23 heavy (non-hydrogen) atoms. The van der Waals surface area contributed by atoms with Crippen molar-refractivity contribution in [2.75, 3.05) is 13.6 Å². The number of carbonyl (C=O) groups is 1. The molecule has 126 valence electrons. The number of carbonyl (C=O) groups excluding carboxylic acids is 1. The Kier molecular flexibility index (Phi) is 6.91. The molecule has 1 aromatic carbocycles. The Morgan fingerprint density at radius 2 is 1.87 bits per heavy atom. The minimum atomic E-state index is 0.124. The molecule has 3 N–H and O–H groups in total. The van der Waals surface area contributed by atoms with Crippen LogP contribution in [0.25, 0.3) is 0 Å². The van der Waals surface area contributed by atoms with E-state index in [0.717, 1.165) is 18.8 Å². The maximum atomic E-state index is 11.9. The zero-order chi connectivity index (χ0) is 16.5. The first kappa shape index (κ1) is 17.3. The number of aliphatic imine (C=N–C) groups is 1. The lowest BCUT2D eigenvalue weighted by molar-refractivity contribution is -0.121. The van der Waals surface area contributed by atoms with Gasteiger partial charge in [-0.15, -0.1) is 0 Å². The second kappa shape index (κ2) is 9.18. The molecule has 0 saturated heterocycles. The average molecular weight is 316 g/mol. The SMILES string of the molecule is CN=C(NCCC(=O)NC1CCCC1)NCc1ccc(C)cc1. The Morgan fingerprint density at radius 1 is 1.17 bits per heavy atom. The second-order valence-electron chi connectivity index (χ2n) is 6.14. The lowest BCUT2D eigenvalue weighted by Crippen LogP contribution is -2.40. The van der Waals surface area contributed by atoms with E-state index in [1.807, 2.05) is 0 Å². The minimum Gasteiger partial charge on any atom is -0.356 e. The number of hydrogen-bond acceptors (Lipinski definition) is 2. The van der Waals surface area contributed by atoms with Crippen LogP contribution >= 0.6 is 0 Å². The van der Waals surface area contributed by atoms with Gasteiger partial charge in [0.15, 0.2) is 5.96 Å². The van der Waals surface area contributed by atoms with Crippen LogP contribution in [-0.2, 0) is 11.3 Å². The predicted molar refractivity (Wildman–Crippen MR) is 94.4 cm³/mol. The first-order valence-electron chi connectivity index (χ1n) is 8.47. The topological polar surface area (TPSA) is 65.5 Å². The molecular weight excluding hydrogens is 288 g/mol. The second-order valence-corrected chi connectivity index (χ2v) is 6.14. The standard InChI is InChI=1S/C18H28N4O/c1-14-7-9-15(10-8-14)13-21-18(19-2)20-12-11-17(23)22-16-5-3-4-6-16/h7-10,16H,3-6,11-13H2,1-2H3,(H,22,23)(H2,19,20,21). The molecular formula is C18H28N4O. The van der Waals surface area contributed by atoms with Gasteiger partial charge in [-0.1, -0.05) is 42.7 Å². The highest BCUT2D eigenvalue weighted by molar-refractivity contribution is 5.81. The fraction of sp³-hybridized carbons (Fsp3) is 0.556. The zero-order valence-corrected chi connectivity index (χ0v) is 14.2. The van der Waals surface area contributed by atoms with Crippen LogP contribution in [-0.4, -0.2) is 31.5 Å². The Labute approximate surface area is 139 Å². The monoisotopic (exact) mass is 316 g/mol. The van der Waals surface area contributed by atoms with E-state index in [9.17, 15) is 4.79 Å². The van der Waals surface area contributed by atoms with Crippen LogP contribution in [0, 0.1) is 6.92 Å². The van der Waals surface area contributed by atoms with E-state index in [1.165, 1.54) is 24.0 Å². The molecule has 2 rings (SSSR count). The molecule has 0 spiro atoms. The van der Waals surface area contributed by atoms with Crippen LogP contribution in [0.2, 0.25) is 0 Å². The Bertz CT molecular complexity index is 518. The number of guanidine groups is 1. The number of benzene rings is 1. The molecule has 1 aromatic rings. The number of nitrogens with zero attached hydrogens (tertiary/aromatic N) is 1. The van der Waals surface area contributed by atoms with Gasteiger partial charge in [-0.25, -0.2) is 0 Å². The largest absolute Gasteiger partial charge is 0.356 e. The number of rotatable bonds is 6. The van der Waals surface area contributed by atoms with Crippen molar-refractivity contribution < 1.29 is 4.79 Å². The maximum Gasteiger partial charge on any atom is 0.221 e. The molecule has 5 nitrogen and oxygen atoms in total. The van der Waals surface area contributed by atoms with E-state index in [-0.39, 0.29) is 5.91 Å². The van der Waals surface area contributed by atoms with Crippen molar-refractivity contribution in [1.82, 2.24) is 16.0 Å². The molecule has 1 aliphatic rings. The highest BCUT2D eigenvalue weighted by Gasteiger charge is 2.16. The zero-order valence-electron chi connectivity index (χ0n) is 14.2. The quantitative estimate of drug-likeness (QED) is 0.556. The van der Waals surface area contributed by atoms with Gasteiger partial charge in [-0.2, -0.15) is 0 Å². The third-order valence-electron chi connectivity index (χ3n) is 4.17. The van der Waals surface area contributed by atoms with Gasteiger partial charge in [-0.3, -0.25) is 9.79 Å². The summed E-state index contributed by atoms with van der Waals surface area (Å²) in [5, 5.41) is 9.54. The molecule has 0 heterocycles. The van der Waals surface area contributed by atoms with E-state index in [2.05, 4.69) is 52.1 Å². The summed E-state index contributed by atoms with van der Waals surface area (Å²) in [6.45, 7) is 3.38. The van der Waals surface area contributed by atoms with Crippen LogP contribution in [0.4, 0.5) is 0 Å². The summed E-state index contributed by atoms with van der Waals surface area (Å²) < 4.78 is 0. The van der Waals surface area contributed by atoms with Crippen molar-refractivity contribution in [2.24, 2.45) is 4.99 Å². The molecule has 0 bridgehead atoms. The van der Waals surface area contributed by atoms with E-state index in [4.69, 9.17) is 0 Å². The molecule has 0 unspecified atom stereocenters. The maximum absolute atomic E-state index is 11.9. The third kappa shape index (κ3) is 6.30. The molecule has 1 saturated carbocycles. The predicted octanol–water partition coefficient (Wildman–Crippen LogP) is 2.11. The molecule has 0 aromatic heterocycles. The number of amides is 1. The first-order valence-corrected chi connectivity index (χ1v) is 8.47. The van der Waals surface area contributed by atoms with Gasteiger partial charge in [0.1, 0.15) is 0 Å². The summed E-state index contributed by atoms with van der Waals surface area (Å²) in [7, 11) is 1.74. The number of hydrogen-bond donors (Lipinski definition) is 3. The molecule has 0 aliphatic heterocycles. The van der Waals surface area contributed by atoms with Crippen molar-refractivity contribution in [1.29, 1.82) is 0 Å². The average Bonchev–Trinajstić information content (AvgIpc) is 3.05. The highest BCUT2D eigenvalue weighted by Crippen LogP contribution is 2.17. The van der Waals surface area contributed by atoms with Gasteiger partial charge >= 0.3 is 0 Å². The summed E-state index contributed by atoms with van der Waals surface area (Å²) >= 11 is 0. The molecule has 0 radical (unpaired) electrons. The van der Waals surface area contributed by atoms with Crippen LogP contribution in [0.3, 0.4) is 0 Å². The number of nitrogens with one attached hydrogen (secondary N) is 3. The Morgan fingerprint density at radius 3 is 2.52 bits per heavy atom. The van der Waals surface area contributed by atoms with Crippen molar-refractivity contribution in [3.05, 3.63) is 35.4 Å². The van der Waals surface area contributed by atoms with Gasteiger partial charge in [0.25, 0.3) is 0 Å². The number of aryl methyl sites for hydroxylation is 1. The van der Waals surface area contributed by atoms with E-state index >= 15 is 0 Å². The van der Waals surface area contributed by atoms with Crippen LogP contribution in [0.5, 0.6) is 0 Å². The van der Waals surface area contributed by atoms with Gasteiger partial charge in [0, 0.05) is 32.6 Å². The first-order chi connectivity index (χ1) is 11.2. The van der Waals surface area contributed by atoms with Gasteiger partial charge in [0.05, 0.1) is 0 Å². The van der Waals surface area contributed by atoms with Crippen LogP contribution < -0.4 is 16.0 Å². The van der Waals surface area contributed by atoms with Crippen molar-refractivity contribution in [3.63, 3.8) is 0 Å². The van der Waals surface area contributed by atoms with E-state index in [0.29, 0.717) is 25.6 Å². The summed E-state index contributed by atoms with van der Waals surface area (Å²) in [6.07, 6.45) is 5.19. The minimum absolute atomic E-state index is 0.124. The fourth-order valence-corrected chi connectivity index (χ4v) is 2.78. The highest BCUT2D eigenvalue weighted by atomic mass is 16.1. The smallest absolute Gasteiger partial charge is 0.221 e. The summed E-state index contributed by atoms with van der Waals surface area (Å²) in [5.74, 6) is 0.845. The normalized spacial score (nSPS) is 15.5. The van der Waals surface area contributed by atoms with Gasteiger partial charge in [0.2, 0.25) is 5.91 Å². The Hall–Kier alpha value is -2.04. The lowest BCUT2D eigenvalue weighted by atomic mass is 10.1. The lowest BCUT2D eigenvalue weighted by Gasteiger charge is -2.14. The summed E-state index contributed by atoms with van der Waals surface area (Å²) in [6, 6.07) is 8.79. The van der Waals surface area contributed by atoms with Crippen molar-refractivity contribution in [2.45, 2.75) is 51.6 Å². The van der Waals surface area contributed by atoms with Crippen molar-refractivity contribution >= 4 is 11.9 Å². The molecule has 1 amide bonds. The van der Waals surface area contributed by atoms with Gasteiger partial charge in [-0.05, 0) is 25.3 Å². The van der Waals surface area contributed by atoms with E-state index in [1.54, 1.807) is 7.05 Å². The van der Waals surface area contributed by atoms with Crippen LogP contribution in [0.1, 0.15) is 43.2 Å². The third-order valence-corrected chi connectivity index (χ3v) is 4.17. The molecule has 5 heteroatoms. The summed E-state index contributed by atoms with van der Waals surface area (Å²) in [5.41, 5.74) is 2.46. The molecule has 1 aliphatic carbocycles.